The summed E-state index contributed by atoms with van der Waals surface area (Å²) < 4.78 is 0. The third-order valence-corrected chi connectivity index (χ3v) is 3.91. The Morgan fingerprint density at radius 2 is 2.15 bits per heavy atom. The second-order valence-electron chi connectivity index (χ2n) is 6.04. The van der Waals surface area contributed by atoms with Crippen LogP contribution in [0.2, 0.25) is 0 Å². The van der Waals surface area contributed by atoms with Gasteiger partial charge in [0.05, 0.1) is 5.92 Å². The normalized spacial score (nSPS) is 17.4. The fourth-order valence-electron chi connectivity index (χ4n) is 2.75. The Kier molecular flexibility index (Phi) is 5.45. The van der Waals surface area contributed by atoms with E-state index in [1.54, 1.807) is 0 Å². The molecule has 2 N–H and O–H groups in total. The molecule has 1 aromatic carbocycles. The lowest BCUT2D eigenvalue weighted by Crippen LogP contribution is -2.33. The van der Waals surface area contributed by atoms with Crippen molar-refractivity contribution in [1.82, 2.24) is 5.32 Å². The number of fused-ring (bicyclic) bond motifs is 1. The molecule has 0 fully saturated rings. The number of rotatable bonds is 6. The molecule has 0 saturated carbocycles. The minimum absolute atomic E-state index is 0.0116. The van der Waals surface area contributed by atoms with E-state index < -0.39 is 0 Å². The Morgan fingerprint density at radius 1 is 1.35 bits per heavy atom. The summed E-state index contributed by atoms with van der Waals surface area (Å²) in [5.74, 6) is 0.947. The maximum Gasteiger partial charge on any atom is 0.227 e. The van der Waals surface area contributed by atoms with Crippen molar-refractivity contribution in [3.8, 4) is 0 Å². The van der Waals surface area contributed by atoms with E-state index in [2.05, 4.69) is 36.6 Å². The van der Waals surface area contributed by atoms with Gasteiger partial charge < -0.3 is 10.6 Å². The maximum atomic E-state index is 12.3. The molecule has 2 rings (SSSR count). The molecule has 1 amide bonds. The zero-order valence-corrected chi connectivity index (χ0v) is 12.6. The minimum atomic E-state index is 0.0116. The number of unbranched alkanes of at least 4 members (excludes halogenated alkanes) is 1. The van der Waals surface area contributed by atoms with E-state index in [1.165, 1.54) is 12.8 Å². The first-order valence-electron chi connectivity index (χ1n) is 7.79. The molecular weight excluding hydrogens is 248 g/mol. The number of nitrogens with one attached hydrogen (secondary N) is 2. The molecule has 0 saturated heterocycles. The van der Waals surface area contributed by atoms with Crippen LogP contribution in [0.5, 0.6) is 0 Å². The van der Waals surface area contributed by atoms with Crippen molar-refractivity contribution >= 4 is 11.6 Å². The third kappa shape index (κ3) is 3.99. The number of anilines is 1. The summed E-state index contributed by atoms with van der Waals surface area (Å²) in [6.45, 7) is 6.16. The number of amides is 1. The van der Waals surface area contributed by atoms with Gasteiger partial charge in [-0.1, -0.05) is 44.9 Å². The number of para-hydroxylation sites is 1. The largest absolute Gasteiger partial charge is 0.385 e. The summed E-state index contributed by atoms with van der Waals surface area (Å²) in [5.41, 5.74) is 2.25. The highest BCUT2D eigenvalue weighted by Gasteiger charge is 2.25. The summed E-state index contributed by atoms with van der Waals surface area (Å²) in [7, 11) is 0. The summed E-state index contributed by atoms with van der Waals surface area (Å²) in [6.07, 6.45) is 4.40. The molecule has 3 nitrogen and oxygen atoms in total. The molecular formula is C17H26N2O. The monoisotopic (exact) mass is 274 g/mol. The molecule has 20 heavy (non-hydrogen) atoms. The van der Waals surface area contributed by atoms with E-state index in [0.29, 0.717) is 0 Å². The van der Waals surface area contributed by atoms with E-state index >= 15 is 0 Å². The average molecular weight is 274 g/mol. The molecule has 0 aliphatic carbocycles. The van der Waals surface area contributed by atoms with E-state index in [1.807, 2.05) is 12.1 Å². The van der Waals surface area contributed by atoms with Gasteiger partial charge >= 0.3 is 0 Å². The molecule has 0 aromatic heterocycles. The van der Waals surface area contributed by atoms with Crippen LogP contribution in [0, 0.1) is 5.92 Å². The smallest absolute Gasteiger partial charge is 0.227 e. The van der Waals surface area contributed by atoms with Crippen LogP contribution in [-0.4, -0.2) is 19.0 Å². The van der Waals surface area contributed by atoms with Crippen LogP contribution in [0.3, 0.4) is 0 Å². The van der Waals surface area contributed by atoms with Crippen LogP contribution < -0.4 is 10.6 Å². The first kappa shape index (κ1) is 14.9. The first-order valence-corrected chi connectivity index (χ1v) is 7.79. The van der Waals surface area contributed by atoms with Crippen LogP contribution in [0.25, 0.3) is 0 Å². The maximum absolute atomic E-state index is 12.3. The summed E-state index contributed by atoms with van der Waals surface area (Å²) >= 11 is 0. The Morgan fingerprint density at radius 3 is 2.95 bits per heavy atom. The standard InChI is InChI=1S/C17H26N2O/c1-13(2)7-5-6-11-19-17(20)15-10-12-18-16-9-4-3-8-14(15)16/h3-4,8-9,13,15,18H,5-7,10-12H2,1-2H3,(H,19,20). The van der Waals surface area contributed by atoms with Crippen molar-refractivity contribution in [2.75, 3.05) is 18.4 Å². The Balaban J connectivity index is 1.82. The second kappa shape index (κ2) is 7.32. The zero-order valence-electron chi connectivity index (χ0n) is 12.6. The molecule has 0 bridgehead atoms. The van der Waals surface area contributed by atoms with E-state index in [0.717, 1.165) is 43.1 Å². The molecule has 3 heteroatoms. The van der Waals surface area contributed by atoms with Gasteiger partial charge in [0.1, 0.15) is 0 Å². The highest BCUT2D eigenvalue weighted by atomic mass is 16.1. The predicted octanol–water partition coefficient (Wildman–Crippen LogP) is 3.53. The van der Waals surface area contributed by atoms with Gasteiger partial charge in [0.2, 0.25) is 5.91 Å². The Labute approximate surface area is 122 Å². The quantitative estimate of drug-likeness (QED) is 0.779. The number of carbonyl (C=O) groups is 1. The molecule has 110 valence electrons. The fraction of sp³-hybridized carbons (Fsp3) is 0.588. The van der Waals surface area contributed by atoms with E-state index in [-0.39, 0.29) is 11.8 Å². The molecule has 1 heterocycles. The van der Waals surface area contributed by atoms with Gasteiger partial charge in [-0.25, -0.2) is 0 Å². The van der Waals surface area contributed by atoms with Gasteiger partial charge in [-0.05, 0) is 30.4 Å². The topological polar surface area (TPSA) is 41.1 Å². The molecule has 1 aromatic rings. The van der Waals surface area contributed by atoms with Gasteiger partial charge in [0, 0.05) is 18.8 Å². The van der Waals surface area contributed by atoms with Gasteiger partial charge in [-0.3, -0.25) is 4.79 Å². The predicted molar refractivity (Wildman–Crippen MR) is 84.0 cm³/mol. The molecule has 1 aliphatic heterocycles. The average Bonchev–Trinajstić information content (AvgIpc) is 2.45. The van der Waals surface area contributed by atoms with Crippen LogP contribution in [0.4, 0.5) is 5.69 Å². The Hall–Kier alpha value is -1.51. The van der Waals surface area contributed by atoms with Crippen LogP contribution in [0.1, 0.15) is 51.0 Å². The van der Waals surface area contributed by atoms with Crippen molar-refractivity contribution in [3.63, 3.8) is 0 Å². The molecule has 0 spiro atoms. The number of hydrogen-bond donors (Lipinski definition) is 2. The highest BCUT2D eigenvalue weighted by molar-refractivity contribution is 5.86. The minimum Gasteiger partial charge on any atom is -0.385 e. The van der Waals surface area contributed by atoms with Crippen LogP contribution >= 0.6 is 0 Å². The van der Waals surface area contributed by atoms with Crippen molar-refractivity contribution in [3.05, 3.63) is 29.8 Å². The molecule has 0 radical (unpaired) electrons. The first-order chi connectivity index (χ1) is 9.68. The molecule has 1 atom stereocenters. The van der Waals surface area contributed by atoms with Crippen molar-refractivity contribution < 1.29 is 4.79 Å². The lowest BCUT2D eigenvalue weighted by molar-refractivity contribution is -0.122. The summed E-state index contributed by atoms with van der Waals surface area (Å²) in [5, 5.41) is 6.46. The summed E-state index contributed by atoms with van der Waals surface area (Å²) in [6, 6.07) is 8.13. The summed E-state index contributed by atoms with van der Waals surface area (Å²) in [4.78, 5) is 12.3. The van der Waals surface area contributed by atoms with Crippen LogP contribution in [0.15, 0.2) is 24.3 Å². The van der Waals surface area contributed by atoms with Gasteiger partial charge in [0.15, 0.2) is 0 Å². The van der Waals surface area contributed by atoms with Gasteiger partial charge in [-0.2, -0.15) is 0 Å². The second-order valence-corrected chi connectivity index (χ2v) is 6.04. The van der Waals surface area contributed by atoms with Crippen molar-refractivity contribution in [2.24, 2.45) is 5.92 Å². The zero-order chi connectivity index (χ0) is 14.4. The van der Waals surface area contributed by atoms with Gasteiger partial charge in [0.25, 0.3) is 0 Å². The van der Waals surface area contributed by atoms with E-state index in [9.17, 15) is 4.79 Å². The molecule has 1 aliphatic rings. The highest BCUT2D eigenvalue weighted by Crippen LogP contribution is 2.31. The SMILES string of the molecule is CC(C)CCCCNC(=O)C1CCNc2ccccc21. The lowest BCUT2D eigenvalue weighted by Gasteiger charge is -2.25. The van der Waals surface area contributed by atoms with Crippen LogP contribution in [-0.2, 0) is 4.79 Å². The lowest BCUT2D eigenvalue weighted by atomic mass is 9.90. The number of hydrogen-bond acceptors (Lipinski definition) is 2. The molecule has 1 unspecified atom stereocenters. The number of carbonyl (C=O) groups excluding carboxylic acids is 1. The van der Waals surface area contributed by atoms with Gasteiger partial charge in [-0.15, -0.1) is 0 Å². The number of benzene rings is 1. The fourth-order valence-corrected chi connectivity index (χ4v) is 2.75. The van der Waals surface area contributed by atoms with Crippen molar-refractivity contribution in [2.45, 2.75) is 45.4 Å². The third-order valence-electron chi connectivity index (χ3n) is 3.91. The van der Waals surface area contributed by atoms with Crippen molar-refractivity contribution in [1.29, 1.82) is 0 Å². The van der Waals surface area contributed by atoms with E-state index in [4.69, 9.17) is 0 Å². The Bertz CT molecular complexity index is 442.